The predicted molar refractivity (Wildman–Crippen MR) is 87.4 cm³/mol. The van der Waals surface area contributed by atoms with Gasteiger partial charge in [-0.25, -0.2) is 4.79 Å². The van der Waals surface area contributed by atoms with E-state index < -0.39 is 11.9 Å². The highest BCUT2D eigenvalue weighted by atomic mass is 35.5. The lowest BCUT2D eigenvalue weighted by atomic mass is 10.2. The molecule has 0 aliphatic rings. The van der Waals surface area contributed by atoms with E-state index in [0.29, 0.717) is 10.8 Å². The van der Waals surface area contributed by atoms with Gasteiger partial charge in [0.05, 0.1) is 17.7 Å². The molecule has 0 atom stereocenters. The van der Waals surface area contributed by atoms with Gasteiger partial charge in [-0.05, 0) is 30.3 Å². The topological polar surface area (TPSA) is 64.6 Å². The Hall–Kier alpha value is -2.24. The number of methoxy groups -OCH3 is 1. The molecule has 0 aromatic heterocycles. The normalized spacial score (nSPS) is 10.0. The summed E-state index contributed by atoms with van der Waals surface area (Å²) in [4.78, 5) is 23.8. The van der Waals surface area contributed by atoms with Crippen molar-refractivity contribution in [1.29, 1.82) is 0 Å². The summed E-state index contributed by atoms with van der Waals surface area (Å²) in [5.74, 6) is -0.428. The molecule has 2 aromatic carbocycles. The van der Waals surface area contributed by atoms with Crippen LogP contribution in [0.15, 0.2) is 42.5 Å². The summed E-state index contributed by atoms with van der Waals surface area (Å²) < 4.78 is 10.2. The lowest BCUT2D eigenvalue weighted by Crippen LogP contribution is -2.32. The van der Waals surface area contributed by atoms with Crippen LogP contribution in [-0.4, -0.2) is 25.5 Å². The van der Waals surface area contributed by atoms with Gasteiger partial charge in [-0.1, -0.05) is 35.3 Å². The van der Waals surface area contributed by atoms with Gasteiger partial charge >= 0.3 is 5.97 Å². The number of halogens is 2. The van der Waals surface area contributed by atoms with Crippen LogP contribution >= 0.6 is 23.2 Å². The quantitative estimate of drug-likeness (QED) is 0.661. The Labute approximate surface area is 143 Å². The Kier molecular flexibility index (Phi) is 5.84. The molecule has 0 aliphatic heterocycles. The second kappa shape index (κ2) is 7.85. The number of hydrogen-bond donors (Lipinski definition) is 1. The van der Waals surface area contributed by atoms with E-state index in [1.165, 1.54) is 25.3 Å². The monoisotopic (exact) mass is 353 g/mol. The number of carbonyl (C=O) groups excluding carboxylic acids is 2. The van der Waals surface area contributed by atoms with Gasteiger partial charge in [0.2, 0.25) is 0 Å². The summed E-state index contributed by atoms with van der Waals surface area (Å²) in [6.45, 7) is -0.310. The molecule has 7 heteroatoms. The maximum Gasteiger partial charge on any atom is 0.330 e. The van der Waals surface area contributed by atoms with Crippen molar-refractivity contribution in [3.63, 3.8) is 0 Å². The van der Waals surface area contributed by atoms with Crippen LogP contribution in [0.2, 0.25) is 10.0 Å². The largest absolute Gasteiger partial charge is 0.493 e. The number of para-hydroxylation sites is 2. The number of amides is 1. The van der Waals surface area contributed by atoms with Crippen molar-refractivity contribution in [2.75, 3.05) is 13.7 Å². The van der Waals surface area contributed by atoms with E-state index >= 15 is 0 Å². The molecule has 120 valence electrons. The molecule has 0 unspecified atom stereocenters. The number of ether oxygens (including phenoxy) is 2. The number of nitrogens with one attached hydrogen (secondary N) is 1. The molecule has 0 fully saturated rings. The van der Waals surface area contributed by atoms with E-state index in [-0.39, 0.29) is 22.9 Å². The molecular formula is C16H13Cl2NO4. The van der Waals surface area contributed by atoms with E-state index in [1.807, 2.05) is 0 Å². The van der Waals surface area contributed by atoms with Crippen molar-refractivity contribution in [3.8, 4) is 11.5 Å². The van der Waals surface area contributed by atoms with Gasteiger partial charge in [-0.2, -0.15) is 0 Å². The molecule has 5 nitrogen and oxygen atoms in total. The Balaban J connectivity index is 1.95. The molecule has 0 bridgehead atoms. The minimum atomic E-state index is -0.632. The number of benzene rings is 2. The van der Waals surface area contributed by atoms with Crippen LogP contribution in [0.3, 0.4) is 0 Å². The van der Waals surface area contributed by atoms with Crippen molar-refractivity contribution in [2.45, 2.75) is 0 Å². The summed E-state index contributed by atoms with van der Waals surface area (Å²) in [6, 6.07) is 11.2. The zero-order valence-corrected chi connectivity index (χ0v) is 13.6. The fraction of sp³-hybridized carbons (Fsp3) is 0.125. The molecule has 0 saturated heterocycles. The zero-order chi connectivity index (χ0) is 16.8. The van der Waals surface area contributed by atoms with Crippen molar-refractivity contribution < 1.29 is 19.1 Å². The van der Waals surface area contributed by atoms with Crippen LogP contribution < -0.4 is 14.8 Å². The van der Waals surface area contributed by atoms with Crippen molar-refractivity contribution in [3.05, 3.63) is 58.1 Å². The second-order valence-electron chi connectivity index (χ2n) is 4.43. The van der Waals surface area contributed by atoms with Crippen molar-refractivity contribution in [1.82, 2.24) is 5.32 Å². The minimum absolute atomic E-state index is 0.202. The molecule has 23 heavy (non-hydrogen) atoms. The number of rotatable bonds is 5. The molecule has 0 radical (unpaired) electrons. The Morgan fingerprint density at radius 3 is 2.43 bits per heavy atom. The molecule has 0 saturated carbocycles. The molecule has 1 amide bonds. The summed E-state index contributed by atoms with van der Waals surface area (Å²) in [6.07, 6.45) is 0. The standard InChI is InChI=1S/C16H13Cl2NO4/c1-22-13-4-2-3-5-14(13)23-15(20)9-19-16(21)11-7-6-10(17)8-12(11)18/h2-8H,9H2,1H3,(H,19,21). The summed E-state index contributed by atoms with van der Waals surface area (Å²) in [5, 5.41) is 3.06. The summed E-state index contributed by atoms with van der Waals surface area (Å²) in [7, 11) is 1.47. The van der Waals surface area contributed by atoms with Gasteiger partial charge in [0, 0.05) is 5.02 Å². The molecule has 2 rings (SSSR count). The van der Waals surface area contributed by atoms with Gasteiger partial charge < -0.3 is 14.8 Å². The number of esters is 1. The highest BCUT2D eigenvalue weighted by molar-refractivity contribution is 6.36. The van der Waals surface area contributed by atoms with Crippen LogP contribution in [0.25, 0.3) is 0 Å². The van der Waals surface area contributed by atoms with E-state index in [0.717, 1.165) is 0 Å². The van der Waals surface area contributed by atoms with Gasteiger partial charge in [0.25, 0.3) is 5.91 Å². The molecule has 0 spiro atoms. The second-order valence-corrected chi connectivity index (χ2v) is 5.28. The van der Waals surface area contributed by atoms with Gasteiger partial charge in [0.15, 0.2) is 11.5 Å². The Bertz CT molecular complexity index is 734. The first-order valence-corrected chi connectivity index (χ1v) is 7.34. The smallest absolute Gasteiger partial charge is 0.330 e. The molecular weight excluding hydrogens is 341 g/mol. The average molecular weight is 354 g/mol. The van der Waals surface area contributed by atoms with Gasteiger partial charge in [-0.15, -0.1) is 0 Å². The van der Waals surface area contributed by atoms with Crippen molar-refractivity contribution in [2.24, 2.45) is 0 Å². The molecule has 0 aliphatic carbocycles. The number of carbonyl (C=O) groups is 2. The number of hydrogen-bond acceptors (Lipinski definition) is 4. The SMILES string of the molecule is COc1ccccc1OC(=O)CNC(=O)c1ccc(Cl)cc1Cl. The highest BCUT2D eigenvalue weighted by Gasteiger charge is 2.14. The molecule has 1 N–H and O–H groups in total. The first-order chi connectivity index (χ1) is 11.0. The van der Waals surface area contributed by atoms with E-state index in [1.54, 1.807) is 24.3 Å². The molecule has 2 aromatic rings. The predicted octanol–water partition coefficient (Wildman–Crippen LogP) is 3.34. The Morgan fingerprint density at radius 1 is 1.09 bits per heavy atom. The third-order valence-electron chi connectivity index (χ3n) is 2.86. The highest BCUT2D eigenvalue weighted by Crippen LogP contribution is 2.25. The first kappa shape index (κ1) is 17.1. The minimum Gasteiger partial charge on any atom is -0.493 e. The van der Waals surface area contributed by atoms with E-state index in [4.69, 9.17) is 32.7 Å². The summed E-state index contributed by atoms with van der Waals surface area (Å²) >= 11 is 11.7. The lowest BCUT2D eigenvalue weighted by molar-refractivity contribution is -0.133. The van der Waals surface area contributed by atoms with Crippen LogP contribution in [-0.2, 0) is 4.79 Å². The van der Waals surface area contributed by atoms with Crippen LogP contribution in [0.5, 0.6) is 11.5 Å². The fourth-order valence-corrected chi connectivity index (χ4v) is 2.28. The van der Waals surface area contributed by atoms with Crippen molar-refractivity contribution >= 4 is 35.1 Å². The van der Waals surface area contributed by atoms with Gasteiger partial charge in [-0.3, -0.25) is 4.79 Å². The Morgan fingerprint density at radius 2 is 1.78 bits per heavy atom. The summed E-state index contributed by atoms with van der Waals surface area (Å²) in [5.41, 5.74) is 0.223. The van der Waals surface area contributed by atoms with Crippen LogP contribution in [0, 0.1) is 0 Å². The third kappa shape index (κ3) is 4.61. The average Bonchev–Trinajstić information content (AvgIpc) is 2.53. The van der Waals surface area contributed by atoms with E-state index in [9.17, 15) is 9.59 Å². The fourth-order valence-electron chi connectivity index (χ4n) is 1.78. The molecule has 0 heterocycles. The maximum atomic E-state index is 12.0. The van der Waals surface area contributed by atoms with E-state index in [2.05, 4.69) is 5.32 Å². The zero-order valence-electron chi connectivity index (χ0n) is 12.1. The van der Waals surface area contributed by atoms with Crippen LogP contribution in [0.4, 0.5) is 0 Å². The maximum absolute atomic E-state index is 12.0. The first-order valence-electron chi connectivity index (χ1n) is 6.58. The lowest BCUT2D eigenvalue weighted by Gasteiger charge is -2.10. The van der Waals surface area contributed by atoms with Gasteiger partial charge in [0.1, 0.15) is 6.54 Å². The van der Waals surface area contributed by atoms with Crippen LogP contribution in [0.1, 0.15) is 10.4 Å². The third-order valence-corrected chi connectivity index (χ3v) is 3.41.